The third kappa shape index (κ3) is 4.84. The molecule has 2 heterocycles. The van der Waals surface area contributed by atoms with Gasteiger partial charge in [0.2, 0.25) is 5.91 Å². The molecule has 0 atom stereocenters. The van der Waals surface area contributed by atoms with Crippen molar-refractivity contribution in [2.75, 3.05) is 39.4 Å². The summed E-state index contributed by atoms with van der Waals surface area (Å²) in [7, 11) is 0. The Kier molecular flexibility index (Phi) is 6.67. The van der Waals surface area contributed by atoms with Crippen LogP contribution in [0.2, 0.25) is 0 Å². The van der Waals surface area contributed by atoms with Crippen molar-refractivity contribution in [1.82, 2.24) is 15.5 Å². The van der Waals surface area contributed by atoms with E-state index in [2.05, 4.69) is 15.5 Å². The molecule has 2 amide bonds. The Labute approximate surface area is 159 Å². The number of hydrogen-bond donors (Lipinski definition) is 2. The number of hydrogen-bond acceptors (Lipinski definition) is 5. The van der Waals surface area contributed by atoms with Gasteiger partial charge in [-0.3, -0.25) is 14.5 Å². The molecule has 1 saturated carbocycles. The third-order valence-corrected chi connectivity index (χ3v) is 6.45. The van der Waals surface area contributed by atoms with Crippen LogP contribution in [0, 0.1) is 6.92 Å². The van der Waals surface area contributed by atoms with Gasteiger partial charge >= 0.3 is 0 Å². The van der Waals surface area contributed by atoms with Crippen LogP contribution >= 0.6 is 11.3 Å². The molecule has 0 radical (unpaired) electrons. The minimum absolute atomic E-state index is 0.0228. The van der Waals surface area contributed by atoms with Gasteiger partial charge in [0.15, 0.2) is 0 Å². The summed E-state index contributed by atoms with van der Waals surface area (Å²) in [6, 6.07) is 3.71. The van der Waals surface area contributed by atoms with E-state index >= 15 is 0 Å². The van der Waals surface area contributed by atoms with E-state index in [0.29, 0.717) is 11.4 Å². The monoisotopic (exact) mass is 379 g/mol. The van der Waals surface area contributed by atoms with Crippen molar-refractivity contribution in [1.29, 1.82) is 0 Å². The van der Waals surface area contributed by atoms with Crippen molar-refractivity contribution in [2.24, 2.45) is 0 Å². The molecular formula is C19H29N3O3S. The number of amides is 2. The zero-order chi connectivity index (χ0) is 18.4. The number of rotatable bonds is 6. The molecule has 1 aliphatic heterocycles. The summed E-state index contributed by atoms with van der Waals surface area (Å²) in [6.45, 7) is 6.05. The second-order valence-corrected chi connectivity index (χ2v) is 8.54. The third-order valence-electron chi connectivity index (χ3n) is 5.45. The Morgan fingerprint density at radius 2 is 1.88 bits per heavy atom. The van der Waals surface area contributed by atoms with Gasteiger partial charge < -0.3 is 15.4 Å². The topological polar surface area (TPSA) is 70.7 Å². The number of thiophene rings is 1. The summed E-state index contributed by atoms with van der Waals surface area (Å²) >= 11 is 1.44. The van der Waals surface area contributed by atoms with Gasteiger partial charge in [-0.2, -0.15) is 0 Å². The van der Waals surface area contributed by atoms with Crippen molar-refractivity contribution < 1.29 is 14.3 Å². The lowest BCUT2D eigenvalue weighted by Crippen LogP contribution is -2.60. The molecule has 2 aliphatic rings. The van der Waals surface area contributed by atoms with Crippen molar-refractivity contribution in [2.45, 2.75) is 44.6 Å². The van der Waals surface area contributed by atoms with Gasteiger partial charge in [-0.05, 0) is 31.9 Å². The van der Waals surface area contributed by atoms with E-state index < -0.39 is 0 Å². The highest BCUT2D eigenvalue weighted by Crippen LogP contribution is 2.33. The fraction of sp³-hybridized carbons (Fsp3) is 0.684. The highest BCUT2D eigenvalue weighted by molar-refractivity contribution is 7.13. The lowest BCUT2D eigenvalue weighted by atomic mass is 9.79. The lowest BCUT2D eigenvalue weighted by molar-refractivity contribution is -0.121. The summed E-state index contributed by atoms with van der Waals surface area (Å²) in [4.78, 5) is 28.6. The highest BCUT2D eigenvalue weighted by atomic mass is 32.1. The Morgan fingerprint density at radius 3 is 2.54 bits per heavy atom. The first-order chi connectivity index (χ1) is 12.6. The smallest absolute Gasteiger partial charge is 0.261 e. The van der Waals surface area contributed by atoms with Crippen LogP contribution < -0.4 is 10.6 Å². The van der Waals surface area contributed by atoms with E-state index in [0.717, 1.165) is 44.0 Å². The minimum Gasteiger partial charge on any atom is -0.379 e. The summed E-state index contributed by atoms with van der Waals surface area (Å²) in [5.41, 5.74) is 0.0482. The Hall–Kier alpha value is -1.44. The quantitative estimate of drug-likeness (QED) is 0.792. The molecule has 7 heteroatoms. The molecule has 0 bridgehead atoms. The first-order valence-electron chi connectivity index (χ1n) is 9.53. The number of carbonyl (C=O) groups is 2. The molecule has 0 spiro atoms. The Bertz CT molecular complexity index is 619. The van der Waals surface area contributed by atoms with E-state index in [1.165, 1.54) is 30.6 Å². The van der Waals surface area contributed by atoms with Gasteiger partial charge in [0.1, 0.15) is 0 Å². The maximum Gasteiger partial charge on any atom is 0.261 e. The summed E-state index contributed by atoms with van der Waals surface area (Å²) in [5, 5.41) is 5.79. The second-order valence-electron chi connectivity index (χ2n) is 7.25. The van der Waals surface area contributed by atoms with E-state index in [1.807, 2.05) is 13.0 Å². The summed E-state index contributed by atoms with van der Waals surface area (Å²) in [6.07, 6.45) is 5.93. The average Bonchev–Trinajstić information content (AvgIpc) is 3.12. The van der Waals surface area contributed by atoms with Crippen LogP contribution in [0.4, 0.5) is 0 Å². The number of carbonyl (C=O) groups excluding carboxylic acids is 2. The van der Waals surface area contributed by atoms with Gasteiger partial charge in [0.05, 0.1) is 24.6 Å². The standard InChI is InChI=1S/C19H29N3O3S/c1-15-5-6-16(26-15)18(24)20-13-17(23)21-14-19(7-3-2-4-8-19)22-9-11-25-12-10-22/h5-6H,2-4,7-14H2,1H3,(H,20,24)(H,21,23). The zero-order valence-corrected chi connectivity index (χ0v) is 16.3. The molecule has 26 heavy (non-hydrogen) atoms. The maximum atomic E-state index is 12.3. The molecule has 2 N–H and O–H groups in total. The Morgan fingerprint density at radius 1 is 1.15 bits per heavy atom. The van der Waals surface area contributed by atoms with Gasteiger partial charge in [-0.15, -0.1) is 11.3 Å². The van der Waals surface area contributed by atoms with Crippen LogP contribution in [0.3, 0.4) is 0 Å². The molecular weight excluding hydrogens is 350 g/mol. The Balaban J connectivity index is 1.50. The molecule has 0 aromatic carbocycles. The van der Waals surface area contributed by atoms with E-state index in [9.17, 15) is 9.59 Å². The molecule has 6 nitrogen and oxygen atoms in total. The fourth-order valence-corrected chi connectivity index (χ4v) is 4.77. The molecule has 144 valence electrons. The van der Waals surface area contributed by atoms with Crippen molar-refractivity contribution in [3.8, 4) is 0 Å². The SMILES string of the molecule is Cc1ccc(C(=O)NCC(=O)NCC2(N3CCOCC3)CCCCC2)s1. The number of aryl methyl sites for hydroxylation is 1. The second kappa shape index (κ2) is 8.97. The zero-order valence-electron chi connectivity index (χ0n) is 15.5. The lowest BCUT2D eigenvalue weighted by Gasteiger charge is -2.48. The molecule has 1 aromatic rings. The maximum absolute atomic E-state index is 12.3. The first-order valence-corrected chi connectivity index (χ1v) is 10.3. The van der Waals surface area contributed by atoms with Crippen LogP contribution in [0.1, 0.15) is 46.7 Å². The predicted molar refractivity (Wildman–Crippen MR) is 103 cm³/mol. The van der Waals surface area contributed by atoms with Crippen LogP contribution in [-0.2, 0) is 9.53 Å². The van der Waals surface area contributed by atoms with Gasteiger partial charge in [0.25, 0.3) is 5.91 Å². The van der Waals surface area contributed by atoms with Crippen LogP contribution in [0.5, 0.6) is 0 Å². The largest absolute Gasteiger partial charge is 0.379 e. The first kappa shape index (κ1) is 19.3. The summed E-state index contributed by atoms with van der Waals surface area (Å²) < 4.78 is 5.49. The van der Waals surface area contributed by atoms with Crippen molar-refractivity contribution >= 4 is 23.2 Å². The van der Waals surface area contributed by atoms with E-state index in [4.69, 9.17) is 4.74 Å². The fourth-order valence-electron chi connectivity index (χ4n) is 3.98. The minimum atomic E-state index is -0.182. The van der Waals surface area contributed by atoms with Crippen molar-refractivity contribution in [3.05, 3.63) is 21.9 Å². The van der Waals surface area contributed by atoms with Crippen LogP contribution in [-0.4, -0.2) is 61.6 Å². The van der Waals surface area contributed by atoms with Crippen molar-refractivity contribution in [3.63, 3.8) is 0 Å². The molecule has 1 aromatic heterocycles. The molecule has 3 rings (SSSR count). The van der Waals surface area contributed by atoms with Gasteiger partial charge in [0, 0.05) is 30.1 Å². The summed E-state index contributed by atoms with van der Waals surface area (Å²) in [5.74, 6) is -0.302. The highest BCUT2D eigenvalue weighted by Gasteiger charge is 2.38. The van der Waals surface area contributed by atoms with Crippen LogP contribution in [0.15, 0.2) is 12.1 Å². The number of morpholine rings is 1. The normalized spacial score (nSPS) is 20.5. The molecule has 0 unspecified atom stereocenters. The molecule has 1 aliphatic carbocycles. The van der Waals surface area contributed by atoms with Crippen LogP contribution in [0.25, 0.3) is 0 Å². The molecule has 2 fully saturated rings. The van der Waals surface area contributed by atoms with Gasteiger partial charge in [-0.1, -0.05) is 19.3 Å². The number of ether oxygens (including phenoxy) is 1. The van der Waals surface area contributed by atoms with E-state index in [1.54, 1.807) is 6.07 Å². The van der Waals surface area contributed by atoms with Gasteiger partial charge in [-0.25, -0.2) is 0 Å². The number of nitrogens with one attached hydrogen (secondary N) is 2. The number of nitrogens with zero attached hydrogens (tertiary/aromatic N) is 1. The predicted octanol–water partition coefficient (Wildman–Crippen LogP) is 1.94. The average molecular weight is 380 g/mol. The van der Waals surface area contributed by atoms with E-state index in [-0.39, 0.29) is 23.9 Å². The molecule has 1 saturated heterocycles.